The molecule has 0 rings (SSSR count). The zero-order chi connectivity index (χ0) is 10.7. The Morgan fingerprint density at radius 1 is 1.31 bits per heavy atom. The molecule has 0 aliphatic rings. The second-order valence-electron chi connectivity index (χ2n) is 2.11. The Bertz CT molecular complexity index is 143. The van der Waals surface area contributed by atoms with Crippen LogP contribution in [-0.2, 0) is 14.3 Å². The van der Waals surface area contributed by atoms with Crippen molar-refractivity contribution in [3.05, 3.63) is 0 Å². The van der Waals surface area contributed by atoms with Crippen LogP contribution in [0.3, 0.4) is 0 Å². The van der Waals surface area contributed by atoms with Crippen molar-refractivity contribution in [1.29, 1.82) is 0 Å². The van der Waals surface area contributed by atoms with Gasteiger partial charge in [0.15, 0.2) is 0 Å². The number of carbonyl (C=O) groups excluding carboxylic acids is 1. The number of aliphatic hydroxyl groups excluding tert-OH is 1. The van der Waals surface area contributed by atoms with E-state index in [-0.39, 0.29) is 0 Å². The van der Waals surface area contributed by atoms with Gasteiger partial charge in [-0.05, 0) is 13.3 Å². The van der Waals surface area contributed by atoms with Gasteiger partial charge in [0, 0.05) is 6.42 Å². The fourth-order valence-electron chi connectivity index (χ4n) is 0.420. The monoisotopic (exact) mass is 192 g/mol. The number of aliphatic hydroxyl groups is 1. The van der Waals surface area contributed by atoms with E-state index in [2.05, 4.69) is 4.74 Å². The maximum absolute atomic E-state index is 9.94. The van der Waals surface area contributed by atoms with Crippen LogP contribution in [0.5, 0.6) is 0 Å². The summed E-state index contributed by atoms with van der Waals surface area (Å²) in [5.74, 6) is -1.28. The van der Waals surface area contributed by atoms with E-state index in [9.17, 15) is 9.59 Å². The van der Waals surface area contributed by atoms with Crippen molar-refractivity contribution in [3.8, 4) is 0 Å². The molecule has 0 aromatic rings. The molecule has 0 aromatic heterocycles. The van der Waals surface area contributed by atoms with Gasteiger partial charge in [-0.2, -0.15) is 0 Å². The van der Waals surface area contributed by atoms with Gasteiger partial charge in [0.2, 0.25) is 0 Å². The number of carboxylic acid groups (broad SMARTS) is 1. The molecular weight excluding hydrogens is 176 g/mol. The molecule has 0 aliphatic carbocycles. The van der Waals surface area contributed by atoms with E-state index in [4.69, 9.17) is 10.2 Å². The third-order valence-corrected chi connectivity index (χ3v) is 0.898. The first-order valence-electron chi connectivity index (χ1n) is 4.06. The van der Waals surface area contributed by atoms with Crippen LogP contribution in [-0.4, -0.2) is 35.4 Å². The highest BCUT2D eigenvalue weighted by atomic mass is 16.5. The minimum absolute atomic E-state index is 0.292. The van der Waals surface area contributed by atoms with Crippen LogP contribution in [0.15, 0.2) is 0 Å². The number of hydrogen-bond acceptors (Lipinski definition) is 4. The highest BCUT2D eigenvalue weighted by Gasteiger charge is 1.92. The van der Waals surface area contributed by atoms with Gasteiger partial charge in [0.05, 0.1) is 6.61 Å². The van der Waals surface area contributed by atoms with Crippen molar-refractivity contribution in [3.63, 3.8) is 0 Å². The second-order valence-corrected chi connectivity index (χ2v) is 2.11. The van der Waals surface area contributed by atoms with Crippen molar-refractivity contribution < 1.29 is 24.5 Å². The smallest absolute Gasteiger partial charge is 0.331 e. The van der Waals surface area contributed by atoms with E-state index in [1.54, 1.807) is 6.92 Å². The summed E-state index contributed by atoms with van der Waals surface area (Å²) in [6, 6.07) is 0. The minimum Gasteiger partial charge on any atom is -0.481 e. The van der Waals surface area contributed by atoms with E-state index < -0.39 is 18.5 Å². The van der Waals surface area contributed by atoms with E-state index in [1.807, 2.05) is 6.92 Å². The first kappa shape index (κ1) is 14.4. The molecule has 0 aliphatic heterocycles. The molecule has 5 heteroatoms. The summed E-state index contributed by atoms with van der Waals surface area (Å²) in [6.07, 6.45) is 1.02. The Balaban J connectivity index is 0. The normalized spacial score (nSPS) is 8.23. The Kier molecular flexibility index (Phi) is 12.1. The third-order valence-electron chi connectivity index (χ3n) is 0.898. The lowest BCUT2D eigenvalue weighted by Gasteiger charge is -1.93. The molecule has 5 nitrogen and oxygen atoms in total. The lowest BCUT2D eigenvalue weighted by Crippen LogP contribution is -2.07. The summed E-state index contributed by atoms with van der Waals surface area (Å²) >= 11 is 0. The van der Waals surface area contributed by atoms with Crippen LogP contribution in [0.25, 0.3) is 0 Å². The maximum atomic E-state index is 9.94. The first-order valence-corrected chi connectivity index (χ1v) is 4.06. The largest absolute Gasteiger partial charge is 0.481 e. The number of ether oxygens (including phenoxy) is 1. The SMILES string of the molecule is CCCC(=O)O.CCOC(=O)CO. The number of aliphatic carboxylic acids is 1. The third kappa shape index (κ3) is 18.1. The Morgan fingerprint density at radius 3 is 1.92 bits per heavy atom. The highest BCUT2D eigenvalue weighted by molar-refractivity contribution is 5.70. The van der Waals surface area contributed by atoms with E-state index in [0.29, 0.717) is 13.0 Å². The molecule has 0 spiro atoms. The fraction of sp³-hybridized carbons (Fsp3) is 0.750. The van der Waals surface area contributed by atoms with Gasteiger partial charge in [-0.3, -0.25) is 4.79 Å². The molecule has 0 bridgehead atoms. The molecule has 0 radical (unpaired) electrons. The second kappa shape index (κ2) is 10.9. The van der Waals surface area contributed by atoms with Gasteiger partial charge in [-0.25, -0.2) is 4.79 Å². The average molecular weight is 192 g/mol. The summed E-state index contributed by atoms with van der Waals surface area (Å²) in [6.45, 7) is 3.34. The van der Waals surface area contributed by atoms with Gasteiger partial charge >= 0.3 is 11.9 Å². The van der Waals surface area contributed by atoms with Crippen molar-refractivity contribution in [2.75, 3.05) is 13.2 Å². The Hall–Kier alpha value is -1.10. The summed E-state index contributed by atoms with van der Waals surface area (Å²) in [5, 5.41) is 15.9. The van der Waals surface area contributed by atoms with E-state index in [1.165, 1.54) is 0 Å². The zero-order valence-electron chi connectivity index (χ0n) is 7.95. The summed E-state index contributed by atoms with van der Waals surface area (Å²) in [4.78, 5) is 19.5. The molecule has 0 fully saturated rings. The minimum atomic E-state index is -0.711. The number of esters is 1. The summed E-state index contributed by atoms with van der Waals surface area (Å²) in [5.41, 5.74) is 0. The molecule has 0 saturated carbocycles. The number of rotatable bonds is 4. The van der Waals surface area contributed by atoms with Crippen LogP contribution < -0.4 is 0 Å². The van der Waals surface area contributed by atoms with Crippen LogP contribution >= 0.6 is 0 Å². The molecule has 0 unspecified atom stereocenters. The first-order chi connectivity index (χ1) is 6.08. The number of carboxylic acids is 1. The molecule has 0 aromatic carbocycles. The van der Waals surface area contributed by atoms with E-state index >= 15 is 0 Å². The van der Waals surface area contributed by atoms with E-state index in [0.717, 1.165) is 6.42 Å². The fourth-order valence-corrected chi connectivity index (χ4v) is 0.420. The summed E-state index contributed by atoms with van der Waals surface area (Å²) < 4.78 is 4.30. The quantitative estimate of drug-likeness (QED) is 0.630. The lowest BCUT2D eigenvalue weighted by atomic mass is 10.4. The van der Waals surface area contributed by atoms with Gasteiger partial charge < -0.3 is 14.9 Å². The number of carbonyl (C=O) groups is 2. The molecule has 2 N–H and O–H groups in total. The summed E-state index contributed by atoms with van der Waals surface area (Å²) in [7, 11) is 0. The Morgan fingerprint density at radius 2 is 1.85 bits per heavy atom. The molecule has 0 amide bonds. The average Bonchev–Trinajstić information content (AvgIpc) is 2.05. The van der Waals surface area contributed by atoms with Gasteiger partial charge in [0.25, 0.3) is 0 Å². The predicted octanol–water partition coefficient (Wildman–Crippen LogP) is 0.413. The van der Waals surface area contributed by atoms with Crippen molar-refractivity contribution in [2.45, 2.75) is 26.7 Å². The van der Waals surface area contributed by atoms with Crippen molar-refractivity contribution >= 4 is 11.9 Å². The maximum Gasteiger partial charge on any atom is 0.331 e. The lowest BCUT2D eigenvalue weighted by molar-refractivity contribution is -0.146. The van der Waals surface area contributed by atoms with Crippen molar-refractivity contribution in [2.24, 2.45) is 0 Å². The molecule has 13 heavy (non-hydrogen) atoms. The van der Waals surface area contributed by atoms with Gasteiger partial charge in [0.1, 0.15) is 6.61 Å². The molecule has 78 valence electrons. The standard InChI is InChI=1S/C4H8O3.C4H8O2/c1-2-7-4(6)3-5;1-2-3-4(5)6/h5H,2-3H2,1H3;2-3H2,1H3,(H,5,6). The van der Waals surface area contributed by atoms with Crippen LogP contribution in [0.4, 0.5) is 0 Å². The van der Waals surface area contributed by atoms with Gasteiger partial charge in [-0.15, -0.1) is 0 Å². The predicted molar refractivity (Wildman–Crippen MR) is 46.3 cm³/mol. The van der Waals surface area contributed by atoms with Gasteiger partial charge in [-0.1, -0.05) is 6.92 Å². The molecule has 0 saturated heterocycles. The molecular formula is C8H16O5. The van der Waals surface area contributed by atoms with Crippen molar-refractivity contribution in [1.82, 2.24) is 0 Å². The van der Waals surface area contributed by atoms with Crippen LogP contribution in [0, 0.1) is 0 Å². The van der Waals surface area contributed by atoms with Crippen LogP contribution in [0.1, 0.15) is 26.7 Å². The highest BCUT2D eigenvalue weighted by Crippen LogP contribution is 1.82. The molecule has 0 atom stereocenters. The zero-order valence-corrected chi connectivity index (χ0v) is 7.95. The number of hydrogen-bond donors (Lipinski definition) is 2. The molecule has 0 heterocycles. The Labute approximate surface area is 77.3 Å². The van der Waals surface area contributed by atoms with Crippen LogP contribution in [0.2, 0.25) is 0 Å². The topological polar surface area (TPSA) is 83.8 Å².